The zero-order valence-corrected chi connectivity index (χ0v) is 12.1. The molecule has 0 bridgehead atoms. The van der Waals surface area contributed by atoms with Gasteiger partial charge < -0.3 is 15.6 Å². The Hall–Kier alpha value is -1.82. The Balaban J connectivity index is 1.91. The fourth-order valence-corrected chi connectivity index (χ4v) is 1.96. The minimum Gasteiger partial charge on any atom is -0.398 e. The first-order chi connectivity index (χ1) is 9.08. The highest BCUT2D eigenvalue weighted by Crippen LogP contribution is 2.20. The molecule has 0 radical (unpaired) electrons. The molecule has 5 nitrogen and oxygen atoms in total. The van der Waals surface area contributed by atoms with E-state index in [9.17, 15) is 4.79 Å². The lowest BCUT2D eigenvalue weighted by atomic mass is 10.2. The van der Waals surface area contributed by atoms with E-state index in [-0.39, 0.29) is 5.91 Å². The minimum absolute atomic E-state index is 0.131. The maximum atomic E-state index is 11.9. The zero-order chi connectivity index (χ0) is 13.8. The monoisotopic (exact) mass is 322 g/mol. The Labute approximate surface area is 120 Å². The van der Waals surface area contributed by atoms with Crippen molar-refractivity contribution in [1.29, 1.82) is 0 Å². The molecule has 0 atom stereocenters. The highest BCUT2D eigenvalue weighted by Gasteiger charge is 2.07. The van der Waals surface area contributed by atoms with Gasteiger partial charge in [0.15, 0.2) is 0 Å². The van der Waals surface area contributed by atoms with Crippen molar-refractivity contribution in [3.8, 4) is 0 Å². The number of nitrogen functional groups attached to an aromatic ring is 1. The van der Waals surface area contributed by atoms with Crippen LogP contribution >= 0.6 is 15.9 Å². The number of benzene rings is 1. The topological polar surface area (TPSA) is 72.9 Å². The third kappa shape index (κ3) is 3.35. The Kier molecular flexibility index (Phi) is 4.21. The molecular formula is C13H15BrN4O. The first-order valence-corrected chi connectivity index (χ1v) is 6.66. The van der Waals surface area contributed by atoms with E-state index < -0.39 is 0 Å². The zero-order valence-electron chi connectivity index (χ0n) is 10.6. The van der Waals surface area contributed by atoms with E-state index in [1.54, 1.807) is 24.4 Å². The fraction of sp³-hybridized carbons (Fsp3) is 0.231. The van der Waals surface area contributed by atoms with Crippen LogP contribution in [0.4, 0.5) is 5.69 Å². The molecule has 3 N–H and O–H groups in total. The van der Waals surface area contributed by atoms with Crippen LogP contribution in [-0.2, 0) is 13.5 Å². The number of rotatable bonds is 4. The lowest BCUT2D eigenvalue weighted by molar-refractivity contribution is 0.0954. The van der Waals surface area contributed by atoms with Gasteiger partial charge in [-0.3, -0.25) is 4.79 Å². The molecule has 2 rings (SSSR count). The maximum Gasteiger partial charge on any atom is 0.251 e. The SMILES string of the molecule is Cn1ccnc1CCNC(=O)c1ccc(Br)c(N)c1. The molecule has 0 aliphatic carbocycles. The lowest BCUT2D eigenvalue weighted by Crippen LogP contribution is -2.26. The van der Waals surface area contributed by atoms with Crippen molar-refractivity contribution in [2.24, 2.45) is 7.05 Å². The molecule has 0 aliphatic heterocycles. The molecule has 1 aromatic heterocycles. The second kappa shape index (κ2) is 5.88. The molecule has 1 aromatic carbocycles. The Bertz CT molecular complexity index is 594. The van der Waals surface area contributed by atoms with Crippen LogP contribution in [0.25, 0.3) is 0 Å². The molecule has 1 heterocycles. The average Bonchev–Trinajstić information content (AvgIpc) is 2.78. The van der Waals surface area contributed by atoms with Gasteiger partial charge in [-0.2, -0.15) is 0 Å². The summed E-state index contributed by atoms with van der Waals surface area (Å²) >= 11 is 3.30. The number of hydrogen-bond acceptors (Lipinski definition) is 3. The Morgan fingerprint density at radius 2 is 2.32 bits per heavy atom. The highest BCUT2D eigenvalue weighted by molar-refractivity contribution is 9.10. The number of halogens is 1. The van der Waals surface area contributed by atoms with E-state index in [1.165, 1.54) is 0 Å². The van der Waals surface area contributed by atoms with Gasteiger partial charge in [0, 0.05) is 48.1 Å². The Morgan fingerprint density at radius 3 is 2.95 bits per heavy atom. The molecular weight excluding hydrogens is 308 g/mol. The third-order valence-electron chi connectivity index (χ3n) is 2.81. The number of carbonyl (C=O) groups is 1. The summed E-state index contributed by atoms with van der Waals surface area (Å²) in [5.41, 5.74) is 6.85. The standard InChI is InChI=1S/C13H15BrN4O/c1-18-7-6-16-12(18)4-5-17-13(19)9-2-3-10(14)11(15)8-9/h2-3,6-8H,4-5,15H2,1H3,(H,17,19). The van der Waals surface area contributed by atoms with Crippen LogP contribution in [0.5, 0.6) is 0 Å². The molecule has 0 unspecified atom stereocenters. The molecule has 2 aromatic rings. The molecule has 0 aliphatic rings. The molecule has 0 saturated heterocycles. The smallest absolute Gasteiger partial charge is 0.251 e. The number of aromatic nitrogens is 2. The molecule has 6 heteroatoms. The molecule has 1 amide bonds. The highest BCUT2D eigenvalue weighted by atomic mass is 79.9. The number of imidazole rings is 1. The summed E-state index contributed by atoms with van der Waals surface area (Å²) in [7, 11) is 1.93. The van der Waals surface area contributed by atoms with Crippen molar-refractivity contribution in [2.45, 2.75) is 6.42 Å². The predicted octanol–water partition coefficient (Wildman–Crippen LogP) is 1.74. The summed E-state index contributed by atoms with van der Waals surface area (Å²) in [4.78, 5) is 16.1. The summed E-state index contributed by atoms with van der Waals surface area (Å²) < 4.78 is 2.72. The van der Waals surface area contributed by atoms with Gasteiger partial charge in [0.1, 0.15) is 5.82 Å². The van der Waals surface area contributed by atoms with Crippen molar-refractivity contribution in [2.75, 3.05) is 12.3 Å². The van der Waals surface area contributed by atoms with E-state index in [1.807, 2.05) is 17.8 Å². The second-order valence-electron chi connectivity index (χ2n) is 4.20. The van der Waals surface area contributed by atoms with Crippen molar-refractivity contribution in [3.63, 3.8) is 0 Å². The number of nitrogens with zero attached hydrogens (tertiary/aromatic N) is 2. The van der Waals surface area contributed by atoms with Gasteiger partial charge in [-0.1, -0.05) is 0 Å². The van der Waals surface area contributed by atoms with Gasteiger partial charge >= 0.3 is 0 Å². The molecule has 0 saturated carbocycles. The lowest BCUT2D eigenvalue weighted by Gasteiger charge is -2.06. The first kappa shape index (κ1) is 13.6. The van der Waals surface area contributed by atoms with E-state index in [4.69, 9.17) is 5.73 Å². The average molecular weight is 323 g/mol. The van der Waals surface area contributed by atoms with Crippen LogP contribution in [0.15, 0.2) is 35.1 Å². The van der Waals surface area contributed by atoms with Gasteiger partial charge in [0.25, 0.3) is 5.91 Å². The molecule has 19 heavy (non-hydrogen) atoms. The number of nitrogens with one attached hydrogen (secondary N) is 1. The maximum absolute atomic E-state index is 11.9. The van der Waals surface area contributed by atoms with Crippen LogP contribution < -0.4 is 11.1 Å². The number of hydrogen-bond donors (Lipinski definition) is 2. The summed E-state index contributed by atoms with van der Waals surface area (Å²) in [6.45, 7) is 0.541. The van der Waals surface area contributed by atoms with Crippen molar-refractivity contribution >= 4 is 27.5 Å². The summed E-state index contributed by atoms with van der Waals surface area (Å²) in [6.07, 6.45) is 4.32. The van der Waals surface area contributed by atoms with Gasteiger partial charge in [0.2, 0.25) is 0 Å². The van der Waals surface area contributed by atoms with E-state index >= 15 is 0 Å². The third-order valence-corrected chi connectivity index (χ3v) is 3.54. The van der Waals surface area contributed by atoms with Crippen molar-refractivity contribution in [3.05, 3.63) is 46.5 Å². The summed E-state index contributed by atoms with van der Waals surface area (Å²) in [5, 5.41) is 2.85. The normalized spacial score (nSPS) is 10.4. The van der Waals surface area contributed by atoms with Gasteiger partial charge in [-0.15, -0.1) is 0 Å². The van der Waals surface area contributed by atoms with E-state index in [2.05, 4.69) is 26.2 Å². The van der Waals surface area contributed by atoms with Crippen molar-refractivity contribution < 1.29 is 4.79 Å². The first-order valence-electron chi connectivity index (χ1n) is 5.87. The Morgan fingerprint density at radius 1 is 1.53 bits per heavy atom. The van der Waals surface area contributed by atoms with E-state index in [0.29, 0.717) is 24.2 Å². The predicted molar refractivity (Wildman–Crippen MR) is 77.8 cm³/mol. The number of carbonyl (C=O) groups excluding carboxylic acids is 1. The number of amides is 1. The summed E-state index contributed by atoms with van der Waals surface area (Å²) in [6, 6.07) is 5.15. The summed E-state index contributed by atoms with van der Waals surface area (Å²) in [5.74, 6) is 0.809. The van der Waals surface area contributed by atoms with Gasteiger partial charge in [0.05, 0.1) is 0 Å². The van der Waals surface area contributed by atoms with E-state index in [0.717, 1.165) is 10.3 Å². The van der Waals surface area contributed by atoms with Crippen LogP contribution in [0.1, 0.15) is 16.2 Å². The number of aryl methyl sites for hydroxylation is 1. The second-order valence-corrected chi connectivity index (χ2v) is 5.05. The quantitative estimate of drug-likeness (QED) is 0.842. The molecule has 0 spiro atoms. The van der Waals surface area contributed by atoms with Gasteiger partial charge in [-0.05, 0) is 34.1 Å². The molecule has 100 valence electrons. The molecule has 0 fully saturated rings. The number of anilines is 1. The van der Waals surface area contributed by atoms with Crippen LogP contribution in [0, 0.1) is 0 Å². The number of nitrogens with two attached hydrogens (primary N) is 1. The van der Waals surface area contributed by atoms with Crippen LogP contribution in [-0.4, -0.2) is 22.0 Å². The largest absolute Gasteiger partial charge is 0.398 e. The van der Waals surface area contributed by atoms with Gasteiger partial charge in [-0.25, -0.2) is 4.98 Å². The van der Waals surface area contributed by atoms with Crippen LogP contribution in [0.3, 0.4) is 0 Å². The van der Waals surface area contributed by atoms with Crippen LogP contribution in [0.2, 0.25) is 0 Å². The fourth-order valence-electron chi connectivity index (χ4n) is 1.71. The van der Waals surface area contributed by atoms with Crippen molar-refractivity contribution in [1.82, 2.24) is 14.9 Å². The minimum atomic E-state index is -0.131.